The molecule has 2 aromatic carbocycles. The zero-order valence-electron chi connectivity index (χ0n) is 15.5. The summed E-state index contributed by atoms with van der Waals surface area (Å²) in [5.41, 5.74) is 10.1. The number of nitrogen functional groups attached to an aromatic ring is 1. The summed E-state index contributed by atoms with van der Waals surface area (Å²) in [6.07, 6.45) is 0. The van der Waals surface area contributed by atoms with Crippen molar-refractivity contribution in [1.82, 2.24) is 10.3 Å². The molecule has 0 spiro atoms. The lowest BCUT2D eigenvalue weighted by molar-refractivity contribution is -0.122. The Kier molecular flexibility index (Phi) is 3.73. The number of amides is 1. The van der Waals surface area contributed by atoms with Gasteiger partial charge in [-0.25, -0.2) is 0 Å². The molecule has 1 aliphatic rings. The molecule has 138 valence electrons. The Morgan fingerprint density at radius 1 is 1.22 bits per heavy atom. The maximum Gasteiger partial charge on any atom is 0.257 e. The molecule has 0 bridgehead atoms. The van der Waals surface area contributed by atoms with Crippen LogP contribution in [0.25, 0.3) is 10.9 Å². The second kappa shape index (κ2) is 5.87. The molecular formula is C21H21N3O3. The number of carbonyl (C=O) groups excluding carboxylic acids is 2. The largest absolute Gasteiger partial charge is 0.484 e. The number of likely N-dealkylation sites (N-methyl/N-ethyl adjacent to an activating group) is 1. The van der Waals surface area contributed by atoms with Crippen LogP contribution in [0.15, 0.2) is 36.4 Å². The number of carbonyl (C=O) groups is 2. The molecule has 0 unspecified atom stereocenters. The van der Waals surface area contributed by atoms with Gasteiger partial charge in [0.2, 0.25) is 0 Å². The third-order valence-corrected chi connectivity index (χ3v) is 5.23. The molecular weight excluding hydrogens is 342 g/mol. The first kappa shape index (κ1) is 17.1. The first-order chi connectivity index (χ1) is 12.8. The van der Waals surface area contributed by atoms with E-state index in [1.807, 2.05) is 24.3 Å². The molecule has 0 fully saturated rings. The number of nitrogens with one attached hydrogen (secondary N) is 2. The molecule has 6 heteroatoms. The van der Waals surface area contributed by atoms with Crippen LogP contribution < -0.4 is 15.8 Å². The minimum atomic E-state index is -0.432. The third kappa shape index (κ3) is 2.56. The molecule has 27 heavy (non-hydrogen) atoms. The number of aromatic amines is 1. The Morgan fingerprint density at radius 2 is 2.00 bits per heavy atom. The highest BCUT2D eigenvalue weighted by Crippen LogP contribution is 2.44. The molecule has 1 aromatic heterocycles. The topological polar surface area (TPSA) is 97.2 Å². The molecule has 1 heterocycles. The number of aromatic nitrogens is 1. The standard InChI is InChI=1S/C21H21N3O3/c1-21(2)15-9-12(27-10-17(25)23-3)5-7-13(15)19(26)18-14-6-4-11(22)8-16(14)24-20(18)21/h4-9,24H,10,22H2,1-3H3,(H,23,25). The number of hydrogen-bond acceptors (Lipinski definition) is 4. The zero-order chi connectivity index (χ0) is 19.3. The fourth-order valence-electron chi connectivity index (χ4n) is 3.74. The van der Waals surface area contributed by atoms with E-state index in [2.05, 4.69) is 24.1 Å². The molecule has 0 saturated heterocycles. The molecule has 0 saturated carbocycles. The van der Waals surface area contributed by atoms with Crippen LogP contribution in [-0.2, 0) is 10.2 Å². The molecule has 3 aromatic rings. The fourth-order valence-corrected chi connectivity index (χ4v) is 3.74. The lowest BCUT2D eigenvalue weighted by Crippen LogP contribution is -2.30. The highest BCUT2D eigenvalue weighted by Gasteiger charge is 2.39. The van der Waals surface area contributed by atoms with Crippen molar-refractivity contribution in [2.75, 3.05) is 19.4 Å². The maximum atomic E-state index is 13.2. The fraction of sp³-hybridized carbons (Fsp3) is 0.238. The van der Waals surface area contributed by atoms with Crippen LogP contribution in [0.5, 0.6) is 5.75 Å². The van der Waals surface area contributed by atoms with Crippen molar-refractivity contribution >= 4 is 28.3 Å². The van der Waals surface area contributed by atoms with Gasteiger partial charge in [-0.3, -0.25) is 9.59 Å². The number of anilines is 1. The Labute approximate surface area is 156 Å². The van der Waals surface area contributed by atoms with Crippen molar-refractivity contribution < 1.29 is 14.3 Å². The van der Waals surface area contributed by atoms with E-state index in [1.54, 1.807) is 19.2 Å². The van der Waals surface area contributed by atoms with Crippen molar-refractivity contribution in [1.29, 1.82) is 0 Å². The summed E-state index contributed by atoms with van der Waals surface area (Å²) < 4.78 is 5.57. The lowest BCUT2D eigenvalue weighted by atomic mass is 9.71. The molecule has 0 atom stereocenters. The van der Waals surface area contributed by atoms with E-state index in [4.69, 9.17) is 10.5 Å². The van der Waals surface area contributed by atoms with E-state index in [-0.39, 0.29) is 18.3 Å². The van der Waals surface area contributed by atoms with Gasteiger partial charge in [0.1, 0.15) is 5.75 Å². The smallest absolute Gasteiger partial charge is 0.257 e. The number of hydrogen-bond donors (Lipinski definition) is 3. The normalized spacial score (nSPS) is 14.6. The van der Waals surface area contributed by atoms with E-state index >= 15 is 0 Å². The van der Waals surface area contributed by atoms with Gasteiger partial charge in [-0.1, -0.05) is 19.9 Å². The van der Waals surface area contributed by atoms with E-state index in [0.29, 0.717) is 22.6 Å². The highest BCUT2D eigenvalue weighted by molar-refractivity contribution is 6.20. The van der Waals surface area contributed by atoms with Crippen LogP contribution in [0.2, 0.25) is 0 Å². The average Bonchev–Trinajstić information content (AvgIpc) is 3.04. The van der Waals surface area contributed by atoms with Crippen LogP contribution in [-0.4, -0.2) is 30.3 Å². The second-order valence-corrected chi connectivity index (χ2v) is 7.30. The van der Waals surface area contributed by atoms with Crippen molar-refractivity contribution in [3.05, 3.63) is 58.8 Å². The molecule has 1 amide bonds. The number of fused-ring (bicyclic) bond motifs is 4. The summed E-state index contributed by atoms with van der Waals surface area (Å²) in [7, 11) is 1.56. The van der Waals surface area contributed by atoms with Crippen molar-refractivity contribution in [2.45, 2.75) is 19.3 Å². The Bertz CT molecular complexity index is 1100. The van der Waals surface area contributed by atoms with Gasteiger partial charge >= 0.3 is 0 Å². The Hall–Kier alpha value is -3.28. The number of nitrogens with two attached hydrogens (primary N) is 1. The van der Waals surface area contributed by atoms with Crippen LogP contribution in [0, 0.1) is 0 Å². The summed E-state index contributed by atoms with van der Waals surface area (Å²) in [6, 6.07) is 10.9. The summed E-state index contributed by atoms with van der Waals surface area (Å²) in [6.45, 7) is 4.07. The van der Waals surface area contributed by atoms with Crippen LogP contribution in [0.4, 0.5) is 5.69 Å². The average molecular weight is 363 g/mol. The van der Waals surface area contributed by atoms with Crippen molar-refractivity contribution in [3.63, 3.8) is 0 Å². The number of rotatable bonds is 3. The van der Waals surface area contributed by atoms with Crippen LogP contribution in [0.1, 0.15) is 41.0 Å². The number of benzene rings is 2. The van der Waals surface area contributed by atoms with Gasteiger partial charge in [0.05, 0.1) is 5.56 Å². The summed E-state index contributed by atoms with van der Waals surface area (Å²) in [5, 5.41) is 3.40. The first-order valence-electron chi connectivity index (χ1n) is 8.77. The quantitative estimate of drug-likeness (QED) is 0.623. The van der Waals surface area contributed by atoms with Crippen molar-refractivity contribution in [2.24, 2.45) is 0 Å². The maximum absolute atomic E-state index is 13.2. The molecule has 4 N–H and O–H groups in total. The van der Waals surface area contributed by atoms with Gasteiger partial charge in [0, 0.05) is 40.3 Å². The number of H-pyrrole nitrogens is 1. The van der Waals surface area contributed by atoms with Crippen molar-refractivity contribution in [3.8, 4) is 5.75 Å². The van der Waals surface area contributed by atoms with E-state index in [0.717, 1.165) is 22.2 Å². The summed E-state index contributed by atoms with van der Waals surface area (Å²) in [4.78, 5) is 28.1. The summed E-state index contributed by atoms with van der Waals surface area (Å²) in [5.74, 6) is 0.328. The van der Waals surface area contributed by atoms with E-state index < -0.39 is 5.41 Å². The predicted molar refractivity (Wildman–Crippen MR) is 104 cm³/mol. The predicted octanol–water partition coefficient (Wildman–Crippen LogP) is 2.75. The summed E-state index contributed by atoms with van der Waals surface area (Å²) >= 11 is 0. The minimum Gasteiger partial charge on any atom is -0.484 e. The van der Waals surface area contributed by atoms with Crippen LogP contribution in [0.3, 0.4) is 0 Å². The Balaban J connectivity index is 1.84. The van der Waals surface area contributed by atoms with Gasteiger partial charge in [-0.2, -0.15) is 0 Å². The second-order valence-electron chi connectivity index (χ2n) is 7.30. The highest BCUT2D eigenvalue weighted by atomic mass is 16.5. The van der Waals surface area contributed by atoms with Gasteiger partial charge in [0.25, 0.3) is 5.91 Å². The Morgan fingerprint density at radius 3 is 2.74 bits per heavy atom. The molecule has 4 rings (SSSR count). The molecule has 6 nitrogen and oxygen atoms in total. The van der Waals surface area contributed by atoms with E-state index in [9.17, 15) is 9.59 Å². The third-order valence-electron chi connectivity index (χ3n) is 5.23. The molecule has 0 aliphatic heterocycles. The van der Waals surface area contributed by atoms with Crippen LogP contribution >= 0.6 is 0 Å². The molecule has 1 aliphatic carbocycles. The molecule has 0 radical (unpaired) electrons. The van der Waals surface area contributed by atoms with Gasteiger partial charge < -0.3 is 20.8 Å². The number of ketones is 1. The van der Waals surface area contributed by atoms with Gasteiger partial charge in [-0.15, -0.1) is 0 Å². The zero-order valence-corrected chi connectivity index (χ0v) is 15.5. The monoisotopic (exact) mass is 363 g/mol. The van der Waals surface area contributed by atoms with Gasteiger partial charge in [0.15, 0.2) is 12.4 Å². The lowest BCUT2D eigenvalue weighted by Gasteiger charge is -2.32. The first-order valence-corrected chi connectivity index (χ1v) is 8.77. The SMILES string of the molecule is CNC(=O)COc1ccc2c(c1)C(C)(C)c1[nH]c3cc(N)ccc3c1C2=O. The minimum absolute atomic E-state index is 0.0202. The van der Waals surface area contributed by atoms with E-state index in [1.165, 1.54) is 0 Å². The van der Waals surface area contributed by atoms with Gasteiger partial charge in [-0.05, 0) is 35.9 Å². The number of ether oxygens (including phenoxy) is 1.